The van der Waals surface area contributed by atoms with E-state index >= 15 is 0 Å². The van der Waals surface area contributed by atoms with Gasteiger partial charge in [0.25, 0.3) is 0 Å². The lowest BCUT2D eigenvalue weighted by atomic mass is 9.78. The van der Waals surface area contributed by atoms with Crippen molar-refractivity contribution in [1.29, 1.82) is 0 Å². The summed E-state index contributed by atoms with van der Waals surface area (Å²) in [5, 5.41) is 2.11. The van der Waals surface area contributed by atoms with E-state index in [-0.39, 0.29) is 10.8 Å². The maximum absolute atomic E-state index is 5.81. The molecule has 5 heterocycles. The van der Waals surface area contributed by atoms with Gasteiger partial charge in [0.15, 0.2) is 0 Å². The molecule has 2 aliphatic carbocycles. The van der Waals surface area contributed by atoms with Crippen LogP contribution in [0.4, 0.5) is 0 Å². The van der Waals surface area contributed by atoms with Crippen LogP contribution in [-0.4, -0.2) is 24.9 Å². The van der Waals surface area contributed by atoms with Gasteiger partial charge in [-0.05, 0) is 202 Å². The van der Waals surface area contributed by atoms with Crippen LogP contribution >= 0.6 is 0 Å². The fraction of sp³-hybridized carbons (Fsp3) is 0.0541. The third kappa shape index (κ3) is 12.2. The molecule has 0 atom stereocenters. The first kappa shape index (κ1) is 69.3. The molecule has 116 heavy (non-hydrogen) atoms. The highest BCUT2D eigenvalue weighted by molar-refractivity contribution is 6.20. The van der Waals surface area contributed by atoms with E-state index in [4.69, 9.17) is 24.9 Å². The van der Waals surface area contributed by atoms with Crippen LogP contribution in [0, 0.1) is 0 Å². The molecule has 0 spiro atoms. The molecule has 0 unspecified atom stereocenters. The van der Waals surface area contributed by atoms with Crippen molar-refractivity contribution in [3.63, 3.8) is 0 Å². The van der Waals surface area contributed by atoms with Crippen molar-refractivity contribution in [3.8, 4) is 179 Å². The lowest BCUT2D eigenvalue weighted by Gasteiger charge is -2.25. The van der Waals surface area contributed by atoms with Crippen LogP contribution in [0.15, 0.2) is 394 Å². The van der Waals surface area contributed by atoms with Crippen LogP contribution in [0.25, 0.3) is 201 Å². The minimum atomic E-state index is -0.385. The average Bonchev–Trinajstić information content (AvgIpc) is 1.37. The smallest absolute Gasteiger partial charge is 0.0979 e. The monoisotopic (exact) mass is 1480 g/mol. The van der Waals surface area contributed by atoms with Gasteiger partial charge in [-0.2, -0.15) is 0 Å². The van der Waals surface area contributed by atoms with Gasteiger partial charge in [-0.3, -0.25) is 0 Å². The Bertz CT molecular complexity index is 6800. The molecule has 0 saturated heterocycles. The van der Waals surface area contributed by atoms with Gasteiger partial charge in [-0.15, -0.1) is 0 Å². The summed E-state index contributed by atoms with van der Waals surface area (Å²) >= 11 is 0. The average molecular weight is 1480 g/mol. The van der Waals surface area contributed by atoms with Gasteiger partial charge in [-0.25, -0.2) is 24.9 Å². The normalized spacial score (nSPS) is 12.8. The number of fused-ring (bicyclic) bond motifs is 9. The van der Waals surface area contributed by atoms with Crippen molar-refractivity contribution in [2.45, 2.75) is 38.5 Å². The Morgan fingerprint density at radius 3 is 0.879 bits per heavy atom. The molecule has 2 aliphatic rings. The predicted octanol–water partition coefficient (Wildman–Crippen LogP) is 28.9. The molecule has 14 aromatic carbocycles. The molecular weight excluding hydrogens is 1400 g/mol. The summed E-state index contributed by atoms with van der Waals surface area (Å²) in [4.78, 5) is 28.4. The van der Waals surface area contributed by atoms with Crippen molar-refractivity contribution >= 4 is 21.8 Å². The molecule has 0 N–H and O–H groups in total. The summed E-state index contributed by atoms with van der Waals surface area (Å²) in [7, 11) is 0. The van der Waals surface area contributed by atoms with Crippen LogP contribution in [0.2, 0.25) is 0 Å². The Balaban J connectivity index is 0.670. The van der Waals surface area contributed by atoms with Gasteiger partial charge in [0.05, 0.1) is 56.6 Å². The maximum Gasteiger partial charge on any atom is 0.0979 e. The molecule has 5 nitrogen and oxygen atoms in total. The Morgan fingerprint density at radius 1 is 0.164 bits per heavy atom. The number of nitrogens with zero attached hydrogens (tertiary/aromatic N) is 5. The maximum atomic E-state index is 5.81. The molecule has 546 valence electrons. The van der Waals surface area contributed by atoms with Gasteiger partial charge >= 0.3 is 0 Å². The zero-order chi connectivity index (χ0) is 77.6. The quantitative estimate of drug-likeness (QED) is 0.102. The van der Waals surface area contributed by atoms with Crippen LogP contribution in [0.5, 0.6) is 0 Å². The summed E-state index contributed by atoms with van der Waals surface area (Å²) < 4.78 is 0. The Labute approximate surface area is 676 Å². The van der Waals surface area contributed by atoms with E-state index in [2.05, 4.69) is 422 Å². The predicted molar refractivity (Wildman–Crippen MR) is 482 cm³/mol. The second-order valence-corrected chi connectivity index (χ2v) is 31.8. The molecule has 0 saturated carbocycles. The molecule has 19 aromatic rings. The minimum absolute atomic E-state index is 0.157. The first-order valence-electron chi connectivity index (χ1n) is 40.0. The Hall–Kier alpha value is -14.7. The zero-order valence-corrected chi connectivity index (χ0v) is 64.8. The third-order valence-corrected chi connectivity index (χ3v) is 24.0. The molecular formula is C111H77N5. The SMILES string of the molecule is CC1(C)c2ccccc2-c2ccc(-c3ccc4c(-c5ccccc5)c(-c5ccccc5)c5ccc(-c6ccc7c(c6)C(C)(C)c6c(-c8ccc(-c9cc(-c%10ccccc%10)cc(-c%10cc(-c%11cc(-c%12ccccc%12)cc(-c%12ccccc%12)n%11)cc(-c%11cc(-c%12ccccc%12)cc(-c%12ccccc%12)n%11)c%10)n9)cc8)cccc6-7)nc5c4n3)cc21. The summed E-state index contributed by atoms with van der Waals surface area (Å²) in [5.74, 6) is 0. The summed E-state index contributed by atoms with van der Waals surface area (Å²) in [6.45, 7) is 9.46. The standard InChI is InChI=1S/C111H77N5/c1-110(2)94-46-27-26-43-88(94)89-53-51-79(62-95(89)110)97-57-55-92-105(77-39-22-10-23-40-77)106(78-41-24-11-25-42-78)93-56-58-98(116-109(93)108(92)115-97)80-52-54-90-91-45-28-44-87(107(91)111(3,4)96(90)63-80)73-47-49-76(50-48-73)101-66-83(72-33-16-7-17-34-72)69-104(114-101)86-60-84(102-67-81(70-29-12-5-13-30-70)64-99(112-102)74-35-18-8-19-36-74)59-85(61-86)103-68-82(71-31-14-6-15-32-71)65-100(113-103)75-37-20-9-21-38-75/h5-69H,1-4H3. The first-order chi connectivity index (χ1) is 57.0. The number of rotatable bonds is 14. The van der Waals surface area contributed by atoms with E-state index in [0.717, 1.165) is 173 Å². The van der Waals surface area contributed by atoms with Crippen LogP contribution in [0.1, 0.15) is 49.9 Å². The highest BCUT2D eigenvalue weighted by atomic mass is 14.8. The molecule has 5 aromatic heterocycles. The lowest BCUT2D eigenvalue weighted by Crippen LogP contribution is -2.16. The van der Waals surface area contributed by atoms with E-state index in [1.165, 1.54) is 50.1 Å². The van der Waals surface area contributed by atoms with E-state index in [9.17, 15) is 0 Å². The van der Waals surface area contributed by atoms with Crippen molar-refractivity contribution in [2.75, 3.05) is 0 Å². The van der Waals surface area contributed by atoms with Gasteiger partial charge in [0.1, 0.15) is 0 Å². The largest absolute Gasteiger partial charge is 0.248 e. The highest BCUT2D eigenvalue weighted by Gasteiger charge is 2.39. The Kier molecular flexibility index (Phi) is 16.9. The minimum Gasteiger partial charge on any atom is -0.248 e. The van der Waals surface area contributed by atoms with E-state index in [1.54, 1.807) is 0 Å². The number of aromatic nitrogens is 5. The summed E-state index contributed by atoms with van der Waals surface area (Å²) in [6, 6.07) is 142. The van der Waals surface area contributed by atoms with Gasteiger partial charge in [0.2, 0.25) is 0 Å². The zero-order valence-electron chi connectivity index (χ0n) is 64.8. The topological polar surface area (TPSA) is 64.5 Å². The molecule has 0 aliphatic heterocycles. The second kappa shape index (κ2) is 28.2. The lowest BCUT2D eigenvalue weighted by molar-refractivity contribution is 0.660. The summed E-state index contributed by atoms with van der Waals surface area (Å²) in [5.41, 5.74) is 39.9. The van der Waals surface area contributed by atoms with E-state index in [1.807, 2.05) is 0 Å². The molecule has 21 rings (SSSR count). The molecule has 0 amide bonds. The van der Waals surface area contributed by atoms with Crippen molar-refractivity contribution in [2.24, 2.45) is 0 Å². The van der Waals surface area contributed by atoms with Crippen LogP contribution < -0.4 is 0 Å². The highest BCUT2D eigenvalue weighted by Crippen LogP contribution is 2.55. The third-order valence-electron chi connectivity index (χ3n) is 24.0. The molecule has 0 radical (unpaired) electrons. The Morgan fingerprint density at radius 2 is 0.466 bits per heavy atom. The number of hydrogen-bond donors (Lipinski definition) is 0. The second-order valence-electron chi connectivity index (χ2n) is 31.8. The van der Waals surface area contributed by atoms with Gasteiger partial charge in [-0.1, -0.05) is 331 Å². The van der Waals surface area contributed by atoms with Crippen molar-refractivity contribution < 1.29 is 0 Å². The van der Waals surface area contributed by atoms with Gasteiger partial charge in [0, 0.05) is 66.1 Å². The molecule has 5 heteroatoms. The van der Waals surface area contributed by atoms with Crippen LogP contribution in [0.3, 0.4) is 0 Å². The number of hydrogen-bond acceptors (Lipinski definition) is 5. The number of benzene rings is 14. The van der Waals surface area contributed by atoms with E-state index in [0.29, 0.717) is 0 Å². The summed E-state index contributed by atoms with van der Waals surface area (Å²) in [6.07, 6.45) is 0. The number of pyridine rings is 5. The fourth-order valence-corrected chi connectivity index (χ4v) is 18.2. The van der Waals surface area contributed by atoms with Crippen molar-refractivity contribution in [3.05, 3.63) is 417 Å². The van der Waals surface area contributed by atoms with Crippen LogP contribution in [-0.2, 0) is 10.8 Å². The fourth-order valence-electron chi connectivity index (χ4n) is 18.2. The molecule has 0 bridgehead atoms. The van der Waals surface area contributed by atoms with E-state index < -0.39 is 0 Å². The first-order valence-corrected chi connectivity index (χ1v) is 40.0. The van der Waals surface area contributed by atoms with Crippen molar-refractivity contribution in [1.82, 2.24) is 24.9 Å². The molecule has 0 fully saturated rings. The van der Waals surface area contributed by atoms with Gasteiger partial charge < -0.3 is 0 Å².